The van der Waals surface area contributed by atoms with Gasteiger partial charge in [0.2, 0.25) is 0 Å². The van der Waals surface area contributed by atoms with Crippen LogP contribution in [-0.4, -0.2) is 34.2 Å². The second-order valence-corrected chi connectivity index (χ2v) is 7.55. The van der Waals surface area contributed by atoms with Crippen LogP contribution in [0.1, 0.15) is 18.4 Å². The lowest BCUT2D eigenvalue weighted by Crippen LogP contribution is -2.38. The highest BCUT2D eigenvalue weighted by Crippen LogP contribution is 2.22. The number of H-pyrrole nitrogens is 1. The summed E-state index contributed by atoms with van der Waals surface area (Å²) in [4.78, 5) is 2.57. The van der Waals surface area contributed by atoms with Gasteiger partial charge in [-0.3, -0.25) is 10.00 Å². The number of nitrogens with one attached hydrogen (secondary N) is 2. The van der Waals surface area contributed by atoms with Crippen molar-refractivity contribution in [1.29, 1.82) is 0 Å². The summed E-state index contributed by atoms with van der Waals surface area (Å²) in [6, 6.07) is 22.4. The van der Waals surface area contributed by atoms with Gasteiger partial charge < -0.3 is 5.32 Å². The summed E-state index contributed by atoms with van der Waals surface area (Å²) in [5, 5.41) is 14.6. The Hall–Kier alpha value is -2.85. The third-order valence-electron chi connectivity index (χ3n) is 5.62. The monoisotopic (exact) mass is 356 g/mol. The summed E-state index contributed by atoms with van der Waals surface area (Å²) in [6.45, 7) is 3.31. The Bertz CT molecular complexity index is 1060. The molecule has 4 nitrogen and oxygen atoms in total. The summed E-state index contributed by atoms with van der Waals surface area (Å²) in [6.07, 6.45) is 4.24. The van der Waals surface area contributed by atoms with E-state index in [4.69, 9.17) is 0 Å². The Kier molecular flexibility index (Phi) is 4.26. The van der Waals surface area contributed by atoms with Gasteiger partial charge in [-0.05, 0) is 53.4 Å². The molecule has 0 amide bonds. The van der Waals surface area contributed by atoms with Crippen molar-refractivity contribution in [3.8, 4) is 0 Å². The summed E-state index contributed by atoms with van der Waals surface area (Å²) in [7, 11) is 0. The van der Waals surface area contributed by atoms with Gasteiger partial charge in [0, 0.05) is 36.7 Å². The molecule has 1 saturated heterocycles. The van der Waals surface area contributed by atoms with Gasteiger partial charge in [-0.1, -0.05) is 36.4 Å². The highest BCUT2D eigenvalue weighted by atomic mass is 15.1. The number of benzene rings is 3. The SMILES string of the molecule is c1ccc2cc(CN3CCC(Nc4ccc5[nH]ncc5c4)CC3)ccc2c1. The van der Waals surface area contributed by atoms with Crippen LogP contribution < -0.4 is 5.32 Å². The molecule has 1 fully saturated rings. The van der Waals surface area contributed by atoms with E-state index in [9.17, 15) is 0 Å². The molecule has 1 aromatic heterocycles. The van der Waals surface area contributed by atoms with Crippen molar-refractivity contribution < 1.29 is 0 Å². The molecule has 27 heavy (non-hydrogen) atoms. The van der Waals surface area contributed by atoms with Gasteiger partial charge >= 0.3 is 0 Å². The van der Waals surface area contributed by atoms with Gasteiger partial charge in [-0.25, -0.2) is 0 Å². The largest absolute Gasteiger partial charge is 0.382 e. The Balaban J connectivity index is 1.19. The lowest BCUT2D eigenvalue weighted by molar-refractivity contribution is 0.211. The second-order valence-electron chi connectivity index (χ2n) is 7.55. The van der Waals surface area contributed by atoms with Crippen LogP contribution in [0.4, 0.5) is 5.69 Å². The molecule has 0 radical (unpaired) electrons. The molecular formula is C23H24N4. The minimum Gasteiger partial charge on any atom is -0.382 e. The normalized spacial score (nSPS) is 16.1. The molecular weight excluding hydrogens is 332 g/mol. The van der Waals surface area contributed by atoms with Crippen molar-refractivity contribution in [2.45, 2.75) is 25.4 Å². The Morgan fingerprint density at radius 1 is 0.926 bits per heavy atom. The zero-order chi connectivity index (χ0) is 18.1. The van der Waals surface area contributed by atoms with Crippen LogP contribution in [0, 0.1) is 0 Å². The molecule has 3 aromatic carbocycles. The molecule has 4 heteroatoms. The molecule has 1 aliphatic heterocycles. The zero-order valence-corrected chi connectivity index (χ0v) is 15.4. The average molecular weight is 356 g/mol. The third kappa shape index (κ3) is 3.53. The summed E-state index contributed by atoms with van der Waals surface area (Å²) >= 11 is 0. The van der Waals surface area contributed by atoms with Gasteiger partial charge in [0.25, 0.3) is 0 Å². The van der Waals surface area contributed by atoms with Gasteiger partial charge in [0.1, 0.15) is 0 Å². The fourth-order valence-electron chi connectivity index (χ4n) is 4.10. The topological polar surface area (TPSA) is 44.0 Å². The van der Waals surface area contributed by atoms with Crippen LogP contribution in [0.15, 0.2) is 66.9 Å². The Labute approximate surface area is 159 Å². The van der Waals surface area contributed by atoms with Crippen molar-refractivity contribution in [3.63, 3.8) is 0 Å². The minimum atomic E-state index is 0.544. The highest BCUT2D eigenvalue weighted by Gasteiger charge is 2.19. The molecule has 1 aliphatic rings. The quantitative estimate of drug-likeness (QED) is 0.552. The number of fused-ring (bicyclic) bond motifs is 2. The van der Waals surface area contributed by atoms with Crippen molar-refractivity contribution in [1.82, 2.24) is 15.1 Å². The molecule has 2 N–H and O–H groups in total. The number of nitrogens with zero attached hydrogens (tertiary/aromatic N) is 2. The lowest BCUT2D eigenvalue weighted by Gasteiger charge is -2.33. The highest BCUT2D eigenvalue weighted by molar-refractivity contribution is 5.83. The minimum absolute atomic E-state index is 0.544. The van der Waals surface area contributed by atoms with Gasteiger partial charge in [0.05, 0.1) is 11.7 Å². The number of rotatable bonds is 4. The number of hydrogen-bond acceptors (Lipinski definition) is 3. The fourth-order valence-corrected chi connectivity index (χ4v) is 4.10. The number of aromatic nitrogens is 2. The molecule has 0 atom stereocenters. The van der Waals surface area contributed by atoms with E-state index >= 15 is 0 Å². The van der Waals surface area contributed by atoms with E-state index in [-0.39, 0.29) is 0 Å². The van der Waals surface area contributed by atoms with Crippen LogP contribution >= 0.6 is 0 Å². The van der Waals surface area contributed by atoms with Crippen molar-refractivity contribution in [3.05, 3.63) is 72.4 Å². The van der Waals surface area contributed by atoms with E-state index in [0.29, 0.717) is 6.04 Å². The first-order valence-electron chi connectivity index (χ1n) is 9.73. The average Bonchev–Trinajstić information content (AvgIpc) is 3.17. The molecule has 136 valence electrons. The standard InChI is InChI=1S/C23H24N4/c1-2-4-19-13-17(5-6-18(19)3-1)16-27-11-9-21(10-12-27)25-22-7-8-23-20(14-22)15-24-26-23/h1-8,13-15,21,25H,9-12,16H2,(H,24,26). The first-order chi connectivity index (χ1) is 13.3. The second kappa shape index (κ2) is 7.05. The number of hydrogen-bond donors (Lipinski definition) is 2. The molecule has 0 unspecified atom stereocenters. The molecule has 4 aromatic rings. The van der Waals surface area contributed by atoms with Crippen molar-refractivity contribution in [2.24, 2.45) is 0 Å². The number of anilines is 1. The Morgan fingerprint density at radius 3 is 2.67 bits per heavy atom. The summed E-state index contributed by atoms with van der Waals surface area (Å²) < 4.78 is 0. The molecule has 0 bridgehead atoms. The number of piperidine rings is 1. The van der Waals surface area contributed by atoms with Crippen molar-refractivity contribution >= 4 is 27.4 Å². The molecule has 5 rings (SSSR count). The van der Waals surface area contributed by atoms with E-state index < -0.39 is 0 Å². The predicted octanol–water partition coefficient (Wildman–Crippen LogP) is 4.79. The summed E-state index contributed by atoms with van der Waals surface area (Å²) in [5.41, 5.74) is 3.69. The molecule has 0 spiro atoms. The van der Waals surface area contributed by atoms with Crippen LogP contribution in [0.2, 0.25) is 0 Å². The molecule has 2 heterocycles. The summed E-state index contributed by atoms with van der Waals surface area (Å²) in [5.74, 6) is 0. The smallest absolute Gasteiger partial charge is 0.0651 e. The first kappa shape index (κ1) is 16.3. The van der Waals surface area contributed by atoms with E-state index in [1.54, 1.807) is 0 Å². The van der Waals surface area contributed by atoms with Crippen LogP contribution in [0.3, 0.4) is 0 Å². The van der Waals surface area contributed by atoms with E-state index in [0.717, 1.165) is 30.5 Å². The predicted molar refractivity (Wildman–Crippen MR) is 112 cm³/mol. The molecule has 0 saturated carbocycles. The third-order valence-corrected chi connectivity index (χ3v) is 5.62. The van der Waals surface area contributed by atoms with Gasteiger partial charge in [-0.15, -0.1) is 0 Å². The van der Waals surface area contributed by atoms with Crippen LogP contribution in [-0.2, 0) is 6.54 Å². The maximum Gasteiger partial charge on any atom is 0.0651 e. The van der Waals surface area contributed by atoms with Gasteiger partial charge in [0.15, 0.2) is 0 Å². The van der Waals surface area contributed by atoms with Crippen LogP contribution in [0.25, 0.3) is 21.7 Å². The van der Waals surface area contributed by atoms with E-state index in [1.165, 1.54) is 34.9 Å². The number of aromatic amines is 1. The van der Waals surface area contributed by atoms with Crippen molar-refractivity contribution in [2.75, 3.05) is 18.4 Å². The zero-order valence-electron chi connectivity index (χ0n) is 15.4. The van der Waals surface area contributed by atoms with Crippen LogP contribution in [0.5, 0.6) is 0 Å². The van der Waals surface area contributed by atoms with E-state index in [1.807, 2.05) is 6.20 Å². The number of likely N-dealkylation sites (tertiary alicyclic amines) is 1. The van der Waals surface area contributed by atoms with E-state index in [2.05, 4.69) is 81.1 Å². The molecule has 0 aliphatic carbocycles. The first-order valence-corrected chi connectivity index (χ1v) is 9.73. The Morgan fingerprint density at radius 2 is 1.78 bits per heavy atom. The fraction of sp³-hybridized carbons (Fsp3) is 0.261. The lowest BCUT2D eigenvalue weighted by atomic mass is 10.0. The maximum atomic E-state index is 4.10. The maximum absolute atomic E-state index is 4.10. The van der Waals surface area contributed by atoms with Gasteiger partial charge in [-0.2, -0.15) is 5.10 Å².